The highest BCUT2D eigenvalue weighted by molar-refractivity contribution is 5.77. The number of ether oxygens (including phenoxy) is 3. The van der Waals surface area contributed by atoms with E-state index in [1.165, 1.54) is 0 Å². The van der Waals surface area contributed by atoms with Gasteiger partial charge in [-0.15, -0.1) is 0 Å². The van der Waals surface area contributed by atoms with Crippen LogP contribution in [0.5, 0.6) is 17.2 Å². The zero-order valence-electron chi connectivity index (χ0n) is 14.3. The minimum absolute atomic E-state index is 0.0119. The average molecular weight is 329 g/mol. The van der Waals surface area contributed by atoms with Gasteiger partial charge < -0.3 is 19.5 Å². The van der Waals surface area contributed by atoms with Gasteiger partial charge in [0.2, 0.25) is 0 Å². The minimum atomic E-state index is -0.177. The molecular formula is C19H23NO4. The van der Waals surface area contributed by atoms with Crippen molar-refractivity contribution in [2.24, 2.45) is 0 Å². The smallest absolute Gasteiger partial charge is 0.258 e. The summed E-state index contributed by atoms with van der Waals surface area (Å²) in [6.07, 6.45) is 0. The van der Waals surface area contributed by atoms with Crippen molar-refractivity contribution in [3.8, 4) is 17.2 Å². The Morgan fingerprint density at radius 3 is 2.38 bits per heavy atom. The molecule has 2 rings (SSSR count). The fraction of sp³-hybridized carbons (Fsp3) is 0.316. The number of nitrogens with one attached hydrogen (secondary N) is 1. The van der Waals surface area contributed by atoms with Crippen LogP contribution >= 0.6 is 0 Å². The van der Waals surface area contributed by atoms with Crippen molar-refractivity contribution >= 4 is 5.91 Å². The summed E-state index contributed by atoms with van der Waals surface area (Å²) in [6.45, 7) is 4.77. The number of rotatable bonds is 8. The van der Waals surface area contributed by atoms with Gasteiger partial charge in [0.15, 0.2) is 6.61 Å². The molecule has 1 amide bonds. The van der Waals surface area contributed by atoms with Gasteiger partial charge in [0, 0.05) is 6.07 Å². The van der Waals surface area contributed by atoms with Crippen LogP contribution in [0.2, 0.25) is 0 Å². The Morgan fingerprint density at radius 2 is 1.67 bits per heavy atom. The van der Waals surface area contributed by atoms with Gasteiger partial charge in [-0.1, -0.05) is 12.1 Å². The molecule has 2 aromatic carbocycles. The summed E-state index contributed by atoms with van der Waals surface area (Å²) in [5, 5.41) is 2.76. The van der Waals surface area contributed by atoms with Crippen LogP contribution in [0.3, 0.4) is 0 Å². The summed E-state index contributed by atoms with van der Waals surface area (Å²) >= 11 is 0. The van der Waals surface area contributed by atoms with Crippen molar-refractivity contribution in [2.45, 2.75) is 13.8 Å². The average Bonchev–Trinajstić information content (AvgIpc) is 2.56. The van der Waals surface area contributed by atoms with Crippen LogP contribution in [0.25, 0.3) is 0 Å². The molecule has 0 saturated carbocycles. The predicted octanol–water partition coefficient (Wildman–Crippen LogP) is 2.89. The van der Waals surface area contributed by atoms with Crippen LogP contribution in [0.4, 0.5) is 0 Å². The molecule has 0 unspecified atom stereocenters. The van der Waals surface area contributed by atoms with Crippen molar-refractivity contribution in [1.82, 2.24) is 5.32 Å². The van der Waals surface area contributed by atoms with Crippen LogP contribution in [0.15, 0.2) is 42.5 Å². The van der Waals surface area contributed by atoms with E-state index in [-0.39, 0.29) is 12.5 Å². The van der Waals surface area contributed by atoms with Gasteiger partial charge in [-0.05, 0) is 49.2 Å². The van der Waals surface area contributed by atoms with Crippen LogP contribution in [0.1, 0.15) is 11.1 Å². The zero-order chi connectivity index (χ0) is 17.4. The maximum atomic E-state index is 11.8. The molecule has 0 aromatic heterocycles. The van der Waals surface area contributed by atoms with Crippen LogP contribution in [0, 0.1) is 13.8 Å². The SMILES string of the molecule is COc1cccc(OCCNC(=O)COc2cc(C)cc(C)c2)c1. The quantitative estimate of drug-likeness (QED) is 0.757. The van der Waals surface area contributed by atoms with E-state index in [1.54, 1.807) is 13.2 Å². The largest absolute Gasteiger partial charge is 0.497 e. The molecule has 0 aliphatic rings. The highest BCUT2D eigenvalue weighted by Gasteiger charge is 2.04. The first-order valence-electron chi connectivity index (χ1n) is 7.81. The second-order valence-electron chi connectivity index (χ2n) is 5.49. The maximum absolute atomic E-state index is 11.8. The molecule has 5 heteroatoms. The maximum Gasteiger partial charge on any atom is 0.258 e. The summed E-state index contributed by atoms with van der Waals surface area (Å²) in [6, 6.07) is 13.2. The van der Waals surface area contributed by atoms with Gasteiger partial charge in [0.1, 0.15) is 23.9 Å². The van der Waals surface area contributed by atoms with Crippen molar-refractivity contribution in [1.29, 1.82) is 0 Å². The Bertz CT molecular complexity index is 665. The number of hydrogen-bond acceptors (Lipinski definition) is 4. The summed E-state index contributed by atoms with van der Waals surface area (Å²) in [5.74, 6) is 1.96. The first-order chi connectivity index (χ1) is 11.6. The van der Waals surface area contributed by atoms with Gasteiger partial charge in [0.05, 0.1) is 13.7 Å². The molecule has 0 saturated heterocycles. The van der Waals surface area contributed by atoms with Crippen LogP contribution in [-0.4, -0.2) is 32.8 Å². The Labute approximate surface area is 142 Å². The summed E-state index contributed by atoms with van der Waals surface area (Å²) < 4.78 is 16.2. The number of benzene rings is 2. The first-order valence-corrected chi connectivity index (χ1v) is 7.81. The molecule has 0 aliphatic heterocycles. The van der Waals surface area contributed by atoms with Crippen LogP contribution < -0.4 is 19.5 Å². The topological polar surface area (TPSA) is 56.8 Å². The van der Waals surface area contributed by atoms with Crippen molar-refractivity contribution in [2.75, 3.05) is 26.9 Å². The molecule has 128 valence electrons. The van der Waals surface area contributed by atoms with Gasteiger partial charge in [0.25, 0.3) is 5.91 Å². The molecular weight excluding hydrogens is 306 g/mol. The van der Waals surface area contributed by atoms with E-state index < -0.39 is 0 Å². The molecule has 0 bridgehead atoms. The van der Waals surface area contributed by atoms with E-state index in [1.807, 2.05) is 44.2 Å². The van der Waals surface area contributed by atoms with Crippen LogP contribution in [-0.2, 0) is 4.79 Å². The molecule has 0 aliphatic carbocycles. The lowest BCUT2D eigenvalue weighted by molar-refractivity contribution is -0.123. The van der Waals surface area contributed by atoms with E-state index >= 15 is 0 Å². The van der Waals surface area contributed by atoms with E-state index in [2.05, 4.69) is 11.4 Å². The summed E-state index contributed by atoms with van der Waals surface area (Å²) in [7, 11) is 1.61. The van der Waals surface area contributed by atoms with Crippen molar-refractivity contribution in [3.05, 3.63) is 53.6 Å². The molecule has 0 atom stereocenters. The van der Waals surface area contributed by atoms with E-state index in [0.717, 1.165) is 16.9 Å². The van der Waals surface area contributed by atoms with E-state index in [9.17, 15) is 4.79 Å². The second-order valence-corrected chi connectivity index (χ2v) is 5.49. The molecule has 0 radical (unpaired) electrons. The fourth-order valence-corrected chi connectivity index (χ4v) is 2.27. The Morgan fingerprint density at radius 1 is 0.958 bits per heavy atom. The highest BCUT2D eigenvalue weighted by Crippen LogP contribution is 2.18. The van der Waals surface area contributed by atoms with Gasteiger partial charge in [-0.25, -0.2) is 0 Å². The Balaban J connectivity index is 1.67. The third kappa shape index (κ3) is 5.83. The number of carbonyl (C=O) groups excluding carboxylic acids is 1. The fourth-order valence-electron chi connectivity index (χ4n) is 2.27. The normalized spacial score (nSPS) is 10.1. The zero-order valence-corrected chi connectivity index (χ0v) is 14.3. The minimum Gasteiger partial charge on any atom is -0.497 e. The lowest BCUT2D eigenvalue weighted by atomic mass is 10.1. The monoisotopic (exact) mass is 329 g/mol. The third-order valence-corrected chi connectivity index (χ3v) is 3.30. The molecule has 0 spiro atoms. The van der Waals surface area contributed by atoms with Gasteiger partial charge >= 0.3 is 0 Å². The number of amides is 1. The molecule has 0 heterocycles. The lowest BCUT2D eigenvalue weighted by Gasteiger charge is -2.10. The molecule has 2 aromatic rings. The predicted molar refractivity (Wildman–Crippen MR) is 92.9 cm³/mol. The molecule has 5 nitrogen and oxygen atoms in total. The summed E-state index contributed by atoms with van der Waals surface area (Å²) in [4.78, 5) is 11.8. The second kappa shape index (κ2) is 8.82. The van der Waals surface area contributed by atoms with E-state index in [0.29, 0.717) is 24.7 Å². The number of aryl methyl sites for hydroxylation is 2. The number of methoxy groups -OCH3 is 1. The number of carbonyl (C=O) groups is 1. The molecule has 0 fully saturated rings. The van der Waals surface area contributed by atoms with E-state index in [4.69, 9.17) is 14.2 Å². The van der Waals surface area contributed by atoms with Gasteiger partial charge in [-0.2, -0.15) is 0 Å². The molecule has 1 N–H and O–H groups in total. The van der Waals surface area contributed by atoms with Crippen molar-refractivity contribution < 1.29 is 19.0 Å². The lowest BCUT2D eigenvalue weighted by Crippen LogP contribution is -2.32. The standard InChI is InChI=1S/C19H23NO4/c1-14-9-15(2)11-18(10-14)24-13-19(21)20-7-8-23-17-6-4-5-16(12-17)22-3/h4-6,9-12H,7-8,13H2,1-3H3,(H,20,21). The number of hydrogen-bond donors (Lipinski definition) is 1. The summed E-state index contributed by atoms with van der Waals surface area (Å²) in [5.41, 5.74) is 2.22. The van der Waals surface area contributed by atoms with Crippen molar-refractivity contribution in [3.63, 3.8) is 0 Å². The molecule has 24 heavy (non-hydrogen) atoms. The Kier molecular flexibility index (Phi) is 6.49. The Hall–Kier alpha value is -2.69. The highest BCUT2D eigenvalue weighted by atomic mass is 16.5. The first kappa shape index (κ1) is 17.7. The van der Waals surface area contributed by atoms with Gasteiger partial charge in [-0.3, -0.25) is 4.79 Å². The third-order valence-electron chi connectivity index (χ3n) is 3.30.